The molecular formula is C19H23N3O3S. The second kappa shape index (κ2) is 7.57. The molecule has 6 nitrogen and oxygen atoms in total. The van der Waals surface area contributed by atoms with Crippen LogP contribution >= 0.6 is 0 Å². The highest BCUT2D eigenvalue weighted by Crippen LogP contribution is 2.17. The SMILES string of the molecule is CC(C)NS(=O)(=O)c1cccc(C(=O)NCc2ccc3c(c2)CNC3)c1. The summed E-state index contributed by atoms with van der Waals surface area (Å²) in [6.07, 6.45) is 0. The molecule has 1 aliphatic heterocycles. The van der Waals surface area contributed by atoms with Crippen molar-refractivity contribution in [2.75, 3.05) is 0 Å². The number of carbonyl (C=O) groups is 1. The monoisotopic (exact) mass is 373 g/mol. The van der Waals surface area contributed by atoms with Gasteiger partial charge in [0.2, 0.25) is 10.0 Å². The van der Waals surface area contributed by atoms with Crippen LogP contribution in [0.4, 0.5) is 0 Å². The molecule has 3 rings (SSSR count). The normalized spacial score (nSPS) is 13.7. The molecule has 26 heavy (non-hydrogen) atoms. The van der Waals surface area contributed by atoms with Crippen molar-refractivity contribution in [3.05, 3.63) is 64.7 Å². The quantitative estimate of drug-likeness (QED) is 0.722. The molecular weight excluding hydrogens is 350 g/mol. The molecule has 0 radical (unpaired) electrons. The summed E-state index contributed by atoms with van der Waals surface area (Å²) in [5, 5.41) is 6.14. The fourth-order valence-corrected chi connectivity index (χ4v) is 4.22. The Balaban J connectivity index is 1.69. The van der Waals surface area contributed by atoms with Gasteiger partial charge in [-0.05, 0) is 48.7 Å². The largest absolute Gasteiger partial charge is 0.348 e. The maximum Gasteiger partial charge on any atom is 0.251 e. The number of benzene rings is 2. The molecule has 3 N–H and O–H groups in total. The van der Waals surface area contributed by atoms with E-state index in [0.29, 0.717) is 12.1 Å². The summed E-state index contributed by atoms with van der Waals surface area (Å²) in [6, 6.07) is 12.0. The lowest BCUT2D eigenvalue weighted by Crippen LogP contribution is -2.30. The first kappa shape index (κ1) is 18.6. The zero-order valence-electron chi connectivity index (χ0n) is 14.9. The number of carbonyl (C=O) groups excluding carboxylic acids is 1. The number of rotatable bonds is 6. The Morgan fingerprint density at radius 2 is 1.88 bits per heavy atom. The van der Waals surface area contributed by atoms with Crippen LogP contribution in [0.3, 0.4) is 0 Å². The van der Waals surface area contributed by atoms with Crippen molar-refractivity contribution in [3.8, 4) is 0 Å². The van der Waals surface area contributed by atoms with Gasteiger partial charge in [-0.1, -0.05) is 24.3 Å². The molecule has 0 atom stereocenters. The number of hydrogen-bond donors (Lipinski definition) is 3. The van der Waals surface area contributed by atoms with Gasteiger partial charge in [-0.15, -0.1) is 0 Å². The maximum absolute atomic E-state index is 12.4. The van der Waals surface area contributed by atoms with Gasteiger partial charge in [0.15, 0.2) is 0 Å². The van der Waals surface area contributed by atoms with Crippen molar-refractivity contribution in [3.63, 3.8) is 0 Å². The number of hydrogen-bond acceptors (Lipinski definition) is 4. The molecule has 1 amide bonds. The van der Waals surface area contributed by atoms with Gasteiger partial charge in [-0.25, -0.2) is 13.1 Å². The summed E-state index contributed by atoms with van der Waals surface area (Å²) in [5.74, 6) is -0.301. The van der Waals surface area contributed by atoms with Gasteiger partial charge in [0, 0.05) is 31.2 Å². The molecule has 0 saturated heterocycles. The Hall–Kier alpha value is -2.22. The van der Waals surface area contributed by atoms with Crippen LogP contribution in [-0.2, 0) is 29.7 Å². The first-order valence-electron chi connectivity index (χ1n) is 8.57. The molecule has 138 valence electrons. The van der Waals surface area contributed by atoms with Crippen LogP contribution in [0.2, 0.25) is 0 Å². The highest BCUT2D eigenvalue weighted by atomic mass is 32.2. The number of nitrogens with one attached hydrogen (secondary N) is 3. The predicted molar refractivity (Wildman–Crippen MR) is 100 cm³/mol. The van der Waals surface area contributed by atoms with Gasteiger partial charge >= 0.3 is 0 Å². The first-order valence-corrected chi connectivity index (χ1v) is 10.1. The van der Waals surface area contributed by atoms with Gasteiger partial charge in [-0.3, -0.25) is 4.79 Å². The molecule has 0 spiro atoms. The van der Waals surface area contributed by atoms with Crippen LogP contribution in [0.1, 0.15) is 40.9 Å². The molecule has 1 heterocycles. The van der Waals surface area contributed by atoms with Crippen molar-refractivity contribution < 1.29 is 13.2 Å². The van der Waals surface area contributed by atoms with Gasteiger partial charge in [0.25, 0.3) is 5.91 Å². The minimum atomic E-state index is -3.63. The molecule has 0 fully saturated rings. The average molecular weight is 373 g/mol. The minimum Gasteiger partial charge on any atom is -0.348 e. The van der Waals surface area contributed by atoms with Crippen molar-refractivity contribution >= 4 is 15.9 Å². The van der Waals surface area contributed by atoms with Crippen molar-refractivity contribution in [2.45, 2.75) is 44.4 Å². The van der Waals surface area contributed by atoms with E-state index in [-0.39, 0.29) is 16.8 Å². The van der Waals surface area contributed by atoms with E-state index in [9.17, 15) is 13.2 Å². The lowest BCUT2D eigenvalue weighted by Gasteiger charge is -2.11. The Morgan fingerprint density at radius 1 is 1.12 bits per heavy atom. The van der Waals surface area contributed by atoms with E-state index in [1.165, 1.54) is 23.3 Å². The summed E-state index contributed by atoms with van der Waals surface area (Å²) >= 11 is 0. The number of sulfonamides is 1. The van der Waals surface area contributed by atoms with E-state index in [0.717, 1.165) is 18.7 Å². The average Bonchev–Trinajstić information content (AvgIpc) is 3.06. The van der Waals surface area contributed by atoms with Crippen molar-refractivity contribution in [1.82, 2.24) is 15.4 Å². The predicted octanol–water partition coefficient (Wildman–Crippen LogP) is 1.91. The lowest BCUT2D eigenvalue weighted by atomic mass is 10.1. The van der Waals surface area contributed by atoms with Crippen molar-refractivity contribution in [2.24, 2.45) is 0 Å². The number of fused-ring (bicyclic) bond motifs is 1. The Bertz CT molecular complexity index is 923. The summed E-state index contributed by atoms with van der Waals surface area (Å²) < 4.78 is 27.0. The maximum atomic E-state index is 12.4. The summed E-state index contributed by atoms with van der Waals surface area (Å²) in [5.41, 5.74) is 3.88. The summed E-state index contributed by atoms with van der Waals surface area (Å²) in [4.78, 5) is 12.5. The Morgan fingerprint density at radius 3 is 2.65 bits per heavy atom. The standard InChI is InChI=1S/C19H23N3O3S/c1-13(2)22-26(24,25)18-5-3-4-15(9-18)19(23)21-10-14-6-7-16-11-20-12-17(16)8-14/h3-9,13,20,22H,10-12H2,1-2H3,(H,21,23). The van der Waals surface area contributed by atoms with Gasteiger partial charge in [-0.2, -0.15) is 0 Å². The third-order valence-corrected chi connectivity index (χ3v) is 5.81. The third kappa shape index (κ3) is 4.30. The molecule has 2 aromatic carbocycles. The van der Waals surface area contributed by atoms with E-state index in [1.807, 2.05) is 6.07 Å². The van der Waals surface area contributed by atoms with Crippen LogP contribution in [0.5, 0.6) is 0 Å². The zero-order chi connectivity index (χ0) is 18.7. The molecule has 0 bridgehead atoms. The fourth-order valence-electron chi connectivity index (χ4n) is 2.93. The van der Waals surface area contributed by atoms with E-state index in [1.54, 1.807) is 26.0 Å². The van der Waals surface area contributed by atoms with E-state index < -0.39 is 10.0 Å². The Labute approximate surface area is 154 Å². The molecule has 2 aromatic rings. The topological polar surface area (TPSA) is 87.3 Å². The highest BCUT2D eigenvalue weighted by molar-refractivity contribution is 7.89. The molecule has 0 aromatic heterocycles. The van der Waals surface area contributed by atoms with Crippen LogP contribution < -0.4 is 15.4 Å². The van der Waals surface area contributed by atoms with E-state index in [4.69, 9.17) is 0 Å². The second-order valence-electron chi connectivity index (χ2n) is 6.69. The Kier molecular flexibility index (Phi) is 5.41. The van der Waals surface area contributed by atoms with Crippen LogP contribution in [-0.4, -0.2) is 20.4 Å². The van der Waals surface area contributed by atoms with Gasteiger partial charge < -0.3 is 10.6 Å². The summed E-state index contributed by atoms with van der Waals surface area (Å²) in [6.45, 7) is 5.63. The molecule has 1 aliphatic rings. The highest BCUT2D eigenvalue weighted by Gasteiger charge is 2.17. The van der Waals surface area contributed by atoms with Crippen LogP contribution in [0, 0.1) is 0 Å². The lowest BCUT2D eigenvalue weighted by molar-refractivity contribution is 0.0950. The second-order valence-corrected chi connectivity index (χ2v) is 8.41. The molecule has 0 aliphatic carbocycles. The smallest absolute Gasteiger partial charge is 0.251 e. The van der Waals surface area contributed by atoms with E-state index >= 15 is 0 Å². The van der Waals surface area contributed by atoms with Gasteiger partial charge in [0.1, 0.15) is 0 Å². The van der Waals surface area contributed by atoms with Gasteiger partial charge in [0.05, 0.1) is 4.90 Å². The van der Waals surface area contributed by atoms with Crippen LogP contribution in [0.25, 0.3) is 0 Å². The van der Waals surface area contributed by atoms with Crippen molar-refractivity contribution in [1.29, 1.82) is 0 Å². The third-order valence-electron chi connectivity index (χ3n) is 4.15. The zero-order valence-corrected chi connectivity index (χ0v) is 15.7. The summed E-state index contributed by atoms with van der Waals surface area (Å²) in [7, 11) is -3.63. The van der Waals surface area contributed by atoms with E-state index in [2.05, 4.69) is 27.5 Å². The first-order chi connectivity index (χ1) is 12.3. The molecule has 7 heteroatoms. The number of amides is 1. The minimum absolute atomic E-state index is 0.0856. The molecule has 0 unspecified atom stereocenters. The van der Waals surface area contributed by atoms with Crippen LogP contribution in [0.15, 0.2) is 47.4 Å². The fraction of sp³-hybridized carbons (Fsp3) is 0.316. The molecule has 0 saturated carbocycles.